The number of hydrogen-bond donors (Lipinski definition) is 1. The molecule has 7 aromatic carbocycles. The van der Waals surface area contributed by atoms with Gasteiger partial charge in [0.2, 0.25) is 0 Å². The molecule has 1 amide bonds. The maximum atomic E-state index is 18.0. The van der Waals surface area contributed by atoms with E-state index in [0.717, 1.165) is 33.4 Å². The van der Waals surface area contributed by atoms with Crippen LogP contribution in [0.4, 0.5) is 20.8 Å². The topological polar surface area (TPSA) is 99.7 Å². The van der Waals surface area contributed by atoms with Crippen molar-refractivity contribution >= 4 is 56.8 Å². The van der Waals surface area contributed by atoms with Crippen LogP contribution in [0.15, 0.2) is 181 Å². The molecule has 3 heterocycles. The molecule has 0 saturated carbocycles. The molecule has 326 valence electrons. The van der Waals surface area contributed by atoms with Gasteiger partial charge in [-0.1, -0.05) is 169 Å². The smallest absolute Gasteiger partial charge is 0.407 e. The van der Waals surface area contributed by atoms with Crippen LogP contribution < -0.4 is 4.90 Å². The Hall–Kier alpha value is -7.69. The molecule has 9 aromatic rings. The van der Waals surface area contributed by atoms with Crippen molar-refractivity contribution in [1.82, 2.24) is 24.6 Å². The number of fused-ring (bicyclic) bond motifs is 2. The highest BCUT2D eigenvalue weighted by atomic mass is 35.5. The van der Waals surface area contributed by atoms with Crippen LogP contribution in [0.5, 0.6) is 0 Å². The first-order valence-corrected chi connectivity index (χ1v) is 22.3. The highest BCUT2D eigenvalue weighted by Gasteiger charge is 2.42. The summed E-state index contributed by atoms with van der Waals surface area (Å²) in [5.74, 6) is 0.242. The Labute approximate surface area is 387 Å². The van der Waals surface area contributed by atoms with Crippen molar-refractivity contribution in [1.29, 1.82) is 0 Å². The summed E-state index contributed by atoms with van der Waals surface area (Å²) in [6.45, 7) is 6.36. The number of aryl methyl sites for hydroxylation is 1. The minimum atomic E-state index is -1.05. The molecule has 0 aliphatic carbocycles. The standard InChI is InChI=1S/C55H45ClFN7O2/c1-35-29-30-45-48(46(35)47-44(56)31-43-51(49(47)57)58-34-59-53(43)62-32-37(3)63(54(65)66)33-36(62)2)52(60-50(38-19-9-4-10-20-38)39-21-11-5-12-22-39)61-64(45)55(40-23-13-6-14-24-40,41-25-15-7-16-26-41)42-27-17-8-18-28-42/h4-31,34,36-37H,32-33H2,1-3H3,(H,65,66)/t36-,37+/m0/s1. The van der Waals surface area contributed by atoms with Crippen LogP contribution in [0.3, 0.4) is 0 Å². The minimum absolute atomic E-state index is 0.0928. The number of carbonyl (C=O) groups is 1. The maximum absolute atomic E-state index is 18.0. The van der Waals surface area contributed by atoms with Crippen LogP contribution in [0.2, 0.25) is 5.02 Å². The SMILES string of the molecule is Cc1ccc2c(c(N=C(c3ccccc3)c3ccccc3)nn2C(c2ccccc2)(c2ccccc2)c2ccccc2)c1-c1c(Cl)cc2c(N3C[C@@H](C)N(C(=O)O)C[C@@H]3C)ncnc2c1F. The monoisotopic (exact) mass is 889 g/mol. The van der Waals surface area contributed by atoms with Gasteiger partial charge >= 0.3 is 6.09 Å². The van der Waals surface area contributed by atoms with Crippen molar-refractivity contribution in [3.05, 3.63) is 220 Å². The first kappa shape index (κ1) is 42.3. The molecule has 1 fully saturated rings. The molecule has 1 N–H and O–H groups in total. The lowest BCUT2D eigenvalue weighted by Crippen LogP contribution is -2.58. The Morgan fingerprint density at radius 2 is 1.24 bits per heavy atom. The van der Waals surface area contributed by atoms with Gasteiger partial charge in [-0.3, -0.25) is 0 Å². The average Bonchev–Trinajstić information content (AvgIpc) is 3.71. The lowest BCUT2D eigenvalue weighted by molar-refractivity contribution is 0.114. The molecule has 1 aliphatic heterocycles. The summed E-state index contributed by atoms with van der Waals surface area (Å²) < 4.78 is 20.1. The Balaban J connectivity index is 1.31. The van der Waals surface area contributed by atoms with E-state index >= 15 is 4.39 Å². The summed E-state index contributed by atoms with van der Waals surface area (Å²) in [6, 6.07) is 56.1. The Morgan fingerprint density at radius 3 is 1.77 bits per heavy atom. The summed E-state index contributed by atoms with van der Waals surface area (Å²) in [5.41, 5.74) is 6.53. The molecule has 0 radical (unpaired) electrons. The van der Waals surface area contributed by atoms with Crippen LogP contribution in [-0.4, -0.2) is 66.7 Å². The molecular weight excluding hydrogens is 845 g/mol. The fourth-order valence-electron chi connectivity index (χ4n) is 9.71. The van der Waals surface area contributed by atoms with Crippen molar-refractivity contribution in [2.24, 2.45) is 4.99 Å². The Morgan fingerprint density at radius 1 is 0.712 bits per heavy atom. The van der Waals surface area contributed by atoms with Crippen molar-refractivity contribution < 1.29 is 14.3 Å². The first-order chi connectivity index (χ1) is 32.2. The fraction of sp³-hybridized carbons (Fsp3) is 0.145. The summed E-state index contributed by atoms with van der Waals surface area (Å²) in [7, 11) is 0. The zero-order valence-electron chi connectivity index (χ0n) is 36.6. The minimum Gasteiger partial charge on any atom is -0.465 e. The van der Waals surface area contributed by atoms with E-state index in [2.05, 4.69) is 46.4 Å². The highest BCUT2D eigenvalue weighted by molar-refractivity contribution is 6.35. The summed E-state index contributed by atoms with van der Waals surface area (Å²) in [6.07, 6.45) is 0.380. The van der Waals surface area contributed by atoms with E-state index in [1.807, 2.05) is 158 Å². The van der Waals surface area contributed by atoms with Crippen LogP contribution in [0, 0.1) is 12.7 Å². The third-order valence-corrected chi connectivity index (χ3v) is 13.1. The van der Waals surface area contributed by atoms with Crippen LogP contribution in [-0.2, 0) is 5.54 Å². The van der Waals surface area contributed by atoms with Gasteiger partial charge in [0.1, 0.15) is 23.2 Å². The number of aliphatic imine (C=N–C) groups is 1. The van der Waals surface area contributed by atoms with E-state index in [-0.39, 0.29) is 34.7 Å². The summed E-state index contributed by atoms with van der Waals surface area (Å²) in [4.78, 5) is 30.2. The predicted octanol–water partition coefficient (Wildman–Crippen LogP) is 12.3. The van der Waals surface area contributed by atoms with Gasteiger partial charge < -0.3 is 14.9 Å². The zero-order valence-corrected chi connectivity index (χ0v) is 37.3. The van der Waals surface area contributed by atoms with Crippen molar-refractivity contribution in [3.8, 4) is 11.1 Å². The fourth-order valence-corrected chi connectivity index (χ4v) is 10.0. The number of nitrogens with zero attached hydrogens (tertiary/aromatic N) is 7. The lowest BCUT2D eigenvalue weighted by Gasteiger charge is -2.43. The highest BCUT2D eigenvalue weighted by Crippen LogP contribution is 2.49. The van der Waals surface area contributed by atoms with Gasteiger partial charge in [-0.05, 0) is 55.2 Å². The van der Waals surface area contributed by atoms with Crippen LogP contribution >= 0.6 is 11.6 Å². The molecule has 9 nitrogen and oxygen atoms in total. The van der Waals surface area contributed by atoms with E-state index in [0.29, 0.717) is 45.7 Å². The molecule has 0 bridgehead atoms. The molecular formula is C55H45ClFN7O2. The third-order valence-electron chi connectivity index (χ3n) is 12.8. The van der Waals surface area contributed by atoms with Gasteiger partial charge in [-0.2, -0.15) is 5.10 Å². The number of halogens is 2. The predicted molar refractivity (Wildman–Crippen MR) is 262 cm³/mol. The van der Waals surface area contributed by atoms with E-state index in [1.54, 1.807) is 6.07 Å². The number of hydrogen-bond acceptors (Lipinski definition) is 6. The second-order valence-corrected chi connectivity index (χ2v) is 17.2. The molecule has 1 aliphatic rings. The largest absolute Gasteiger partial charge is 0.465 e. The van der Waals surface area contributed by atoms with Crippen molar-refractivity contribution in [2.45, 2.75) is 38.4 Å². The van der Waals surface area contributed by atoms with Gasteiger partial charge in [0.25, 0.3) is 0 Å². The molecule has 10 rings (SSSR count). The second kappa shape index (κ2) is 17.4. The lowest BCUT2D eigenvalue weighted by atomic mass is 9.77. The molecule has 2 atom stereocenters. The van der Waals surface area contributed by atoms with Gasteiger partial charge in [0.15, 0.2) is 11.6 Å². The number of benzene rings is 7. The van der Waals surface area contributed by atoms with Crippen LogP contribution in [0.25, 0.3) is 32.9 Å². The second-order valence-electron chi connectivity index (χ2n) is 16.8. The van der Waals surface area contributed by atoms with Gasteiger partial charge in [0, 0.05) is 52.8 Å². The van der Waals surface area contributed by atoms with Gasteiger partial charge in [-0.15, -0.1) is 0 Å². The van der Waals surface area contributed by atoms with E-state index in [9.17, 15) is 9.90 Å². The number of anilines is 1. The van der Waals surface area contributed by atoms with Crippen molar-refractivity contribution in [2.75, 3.05) is 18.0 Å². The number of amides is 1. The number of piperazine rings is 1. The number of aromatic nitrogens is 4. The van der Waals surface area contributed by atoms with E-state index in [4.69, 9.17) is 21.7 Å². The maximum Gasteiger partial charge on any atom is 0.407 e. The molecule has 1 saturated heterocycles. The van der Waals surface area contributed by atoms with Gasteiger partial charge in [0.05, 0.1) is 21.6 Å². The number of rotatable bonds is 9. The van der Waals surface area contributed by atoms with Gasteiger partial charge in [-0.25, -0.2) is 28.8 Å². The third kappa shape index (κ3) is 7.14. The summed E-state index contributed by atoms with van der Waals surface area (Å²) >= 11 is 7.43. The molecule has 11 heteroatoms. The molecule has 0 spiro atoms. The molecule has 0 unspecified atom stereocenters. The van der Waals surface area contributed by atoms with Crippen LogP contribution in [0.1, 0.15) is 47.2 Å². The van der Waals surface area contributed by atoms with E-state index < -0.39 is 17.4 Å². The molecule has 2 aromatic heterocycles. The Kier molecular flexibility index (Phi) is 11.1. The van der Waals surface area contributed by atoms with E-state index in [1.165, 1.54) is 11.2 Å². The average molecular weight is 890 g/mol. The first-order valence-electron chi connectivity index (χ1n) is 21.9. The van der Waals surface area contributed by atoms with Crippen molar-refractivity contribution in [3.63, 3.8) is 0 Å². The Bertz CT molecular complexity index is 3120. The zero-order chi connectivity index (χ0) is 45.5. The quantitative estimate of drug-likeness (QED) is 0.114. The summed E-state index contributed by atoms with van der Waals surface area (Å²) in [5, 5.41) is 16.7. The molecule has 66 heavy (non-hydrogen) atoms. The number of carboxylic acid groups (broad SMARTS) is 1. The normalized spacial score (nSPS) is 15.3.